The zero-order valence-corrected chi connectivity index (χ0v) is 17.7. The number of ether oxygens (including phenoxy) is 2. The molecule has 2 heterocycles. The van der Waals surface area contributed by atoms with Gasteiger partial charge in [-0.05, 0) is 36.5 Å². The highest BCUT2D eigenvalue weighted by molar-refractivity contribution is 7.88. The number of benzene rings is 2. The van der Waals surface area contributed by atoms with Gasteiger partial charge in [0.25, 0.3) is 0 Å². The van der Waals surface area contributed by atoms with Crippen LogP contribution in [-0.4, -0.2) is 57.5 Å². The van der Waals surface area contributed by atoms with Crippen LogP contribution >= 0.6 is 0 Å². The fraction of sp³-hybridized carbons (Fsp3) is 0.409. The summed E-state index contributed by atoms with van der Waals surface area (Å²) in [6, 6.07) is 15.2. The molecule has 0 aliphatic carbocycles. The molecule has 2 aliphatic heterocycles. The number of hydrogen-bond donors (Lipinski definition) is 1. The average molecular weight is 431 g/mol. The smallest absolute Gasteiger partial charge is 0.410 e. The van der Waals surface area contributed by atoms with Gasteiger partial charge < -0.3 is 14.4 Å². The molecular formula is C22H26N2O5S. The summed E-state index contributed by atoms with van der Waals surface area (Å²) < 4.78 is 37.9. The Morgan fingerprint density at radius 3 is 2.70 bits per heavy atom. The highest BCUT2D eigenvalue weighted by Gasteiger charge is 2.36. The topological polar surface area (TPSA) is 84.9 Å². The van der Waals surface area contributed by atoms with Gasteiger partial charge in [0.1, 0.15) is 19.0 Å². The maximum Gasteiger partial charge on any atom is 0.410 e. The summed E-state index contributed by atoms with van der Waals surface area (Å²) in [5.41, 5.74) is 3.01. The van der Waals surface area contributed by atoms with E-state index in [1.54, 1.807) is 4.90 Å². The number of hydrogen-bond acceptors (Lipinski definition) is 5. The zero-order valence-electron chi connectivity index (χ0n) is 16.9. The molecule has 1 fully saturated rings. The van der Waals surface area contributed by atoms with E-state index in [0.29, 0.717) is 25.8 Å². The first-order valence-electron chi connectivity index (χ1n) is 10.1. The lowest BCUT2D eigenvalue weighted by Gasteiger charge is -2.40. The SMILES string of the molecule is CS(=O)(=O)N[C@H]1CCCN2C(=O)OCCOc3ccccc3-c3cccc(c3)C[C@@H]12. The van der Waals surface area contributed by atoms with Crippen LogP contribution in [0.3, 0.4) is 0 Å². The van der Waals surface area contributed by atoms with Crippen LogP contribution in [0.5, 0.6) is 5.75 Å². The molecular weight excluding hydrogens is 404 g/mol. The second-order valence-corrected chi connectivity index (χ2v) is 9.54. The Labute approximate surface area is 177 Å². The average Bonchev–Trinajstić information content (AvgIpc) is 2.72. The van der Waals surface area contributed by atoms with Gasteiger partial charge in [0.15, 0.2) is 0 Å². The third kappa shape index (κ3) is 4.76. The van der Waals surface area contributed by atoms with Crippen LogP contribution < -0.4 is 9.46 Å². The van der Waals surface area contributed by atoms with Crippen molar-refractivity contribution in [3.63, 3.8) is 0 Å². The van der Waals surface area contributed by atoms with E-state index in [4.69, 9.17) is 9.47 Å². The van der Waals surface area contributed by atoms with Gasteiger partial charge in [-0.1, -0.05) is 42.5 Å². The maximum atomic E-state index is 12.8. The Morgan fingerprint density at radius 1 is 1.07 bits per heavy atom. The number of nitrogens with zero attached hydrogens (tertiary/aromatic N) is 1. The zero-order chi connectivity index (χ0) is 21.1. The van der Waals surface area contributed by atoms with Gasteiger partial charge in [0.2, 0.25) is 10.0 Å². The molecule has 2 aliphatic rings. The molecule has 2 aromatic carbocycles. The molecule has 4 rings (SSSR count). The maximum absolute atomic E-state index is 12.8. The predicted molar refractivity (Wildman–Crippen MR) is 114 cm³/mol. The number of rotatable bonds is 2. The highest BCUT2D eigenvalue weighted by atomic mass is 32.2. The first-order chi connectivity index (χ1) is 14.4. The number of cyclic esters (lactones) is 1. The molecule has 1 amide bonds. The number of nitrogens with one attached hydrogen (secondary N) is 1. The van der Waals surface area contributed by atoms with Crippen molar-refractivity contribution in [1.29, 1.82) is 0 Å². The summed E-state index contributed by atoms with van der Waals surface area (Å²) in [7, 11) is -3.41. The van der Waals surface area contributed by atoms with Crippen molar-refractivity contribution < 1.29 is 22.7 Å². The Hall–Kier alpha value is -2.58. The van der Waals surface area contributed by atoms with E-state index in [-0.39, 0.29) is 25.3 Å². The third-order valence-corrected chi connectivity index (χ3v) is 6.25. The molecule has 160 valence electrons. The fourth-order valence-corrected chi connectivity index (χ4v) is 5.08. The van der Waals surface area contributed by atoms with Crippen molar-refractivity contribution in [1.82, 2.24) is 9.62 Å². The van der Waals surface area contributed by atoms with Crippen molar-refractivity contribution in [2.75, 3.05) is 26.0 Å². The number of amides is 1. The van der Waals surface area contributed by atoms with Crippen LogP contribution in [0.25, 0.3) is 11.1 Å². The monoisotopic (exact) mass is 430 g/mol. The van der Waals surface area contributed by atoms with E-state index in [9.17, 15) is 13.2 Å². The van der Waals surface area contributed by atoms with Crippen molar-refractivity contribution in [3.05, 3.63) is 54.1 Å². The molecule has 2 bridgehead atoms. The minimum atomic E-state index is -3.41. The molecule has 8 heteroatoms. The first kappa shape index (κ1) is 20.7. The minimum Gasteiger partial charge on any atom is -0.489 e. The number of sulfonamides is 1. The Morgan fingerprint density at radius 2 is 1.87 bits per heavy atom. The van der Waals surface area contributed by atoms with Crippen LogP contribution in [-0.2, 0) is 21.2 Å². The van der Waals surface area contributed by atoms with E-state index in [2.05, 4.69) is 10.8 Å². The predicted octanol–water partition coefficient (Wildman–Crippen LogP) is 2.81. The third-order valence-electron chi connectivity index (χ3n) is 5.52. The summed E-state index contributed by atoms with van der Waals surface area (Å²) in [6.07, 6.45) is 2.62. The number of carbonyl (C=O) groups excluding carboxylic acids is 1. The summed E-state index contributed by atoms with van der Waals surface area (Å²) in [6.45, 7) is 0.899. The number of piperidine rings is 1. The number of fused-ring (bicyclic) bond motifs is 5. The van der Waals surface area contributed by atoms with Crippen molar-refractivity contribution in [2.24, 2.45) is 0 Å². The lowest BCUT2D eigenvalue weighted by Crippen LogP contribution is -2.57. The lowest BCUT2D eigenvalue weighted by molar-refractivity contribution is 0.0562. The second-order valence-electron chi connectivity index (χ2n) is 7.76. The molecule has 7 nitrogen and oxygen atoms in total. The Bertz CT molecular complexity index is 1020. The summed E-state index contributed by atoms with van der Waals surface area (Å²) in [5, 5.41) is 0. The van der Waals surface area contributed by atoms with Gasteiger partial charge in [-0.25, -0.2) is 17.9 Å². The molecule has 0 radical (unpaired) electrons. The highest BCUT2D eigenvalue weighted by Crippen LogP contribution is 2.32. The van der Waals surface area contributed by atoms with Crippen molar-refractivity contribution >= 4 is 16.1 Å². The normalized spacial score (nSPS) is 22.3. The van der Waals surface area contributed by atoms with Crippen LogP contribution in [0.15, 0.2) is 48.5 Å². The minimum absolute atomic E-state index is 0.123. The van der Waals surface area contributed by atoms with Crippen molar-refractivity contribution in [2.45, 2.75) is 31.3 Å². The van der Waals surface area contributed by atoms with Gasteiger partial charge in [0.05, 0.1) is 12.3 Å². The number of para-hydroxylation sites is 1. The molecule has 2 atom stereocenters. The van der Waals surface area contributed by atoms with Gasteiger partial charge >= 0.3 is 6.09 Å². The molecule has 0 saturated carbocycles. The second kappa shape index (κ2) is 8.65. The van der Waals surface area contributed by atoms with Crippen LogP contribution in [0.2, 0.25) is 0 Å². The standard InChI is InChI=1S/C22H26N2O5S/c1-30(26,27)23-19-9-5-11-24-20(19)15-16-6-4-7-17(14-16)18-8-2-3-10-21(18)28-12-13-29-22(24)25/h2-4,6-8,10,14,19-20,23H,5,9,11-13,15H2,1H3/t19-,20-/m0/s1. The van der Waals surface area contributed by atoms with Gasteiger partial charge in [-0.15, -0.1) is 0 Å². The molecule has 30 heavy (non-hydrogen) atoms. The van der Waals surface area contributed by atoms with Gasteiger partial charge in [-0.3, -0.25) is 0 Å². The fourth-order valence-electron chi connectivity index (χ4n) is 4.25. The van der Waals surface area contributed by atoms with Crippen LogP contribution in [0.1, 0.15) is 18.4 Å². The van der Waals surface area contributed by atoms with Gasteiger partial charge in [0, 0.05) is 18.2 Å². The molecule has 0 spiro atoms. The van der Waals surface area contributed by atoms with E-state index in [1.807, 2.05) is 42.5 Å². The Kier molecular flexibility index (Phi) is 5.97. The molecule has 0 aromatic heterocycles. The quantitative estimate of drug-likeness (QED) is 0.792. The lowest BCUT2D eigenvalue weighted by atomic mass is 9.90. The van der Waals surface area contributed by atoms with E-state index in [1.165, 1.54) is 0 Å². The largest absolute Gasteiger partial charge is 0.489 e. The molecule has 1 saturated heterocycles. The molecule has 2 aromatic rings. The van der Waals surface area contributed by atoms with Crippen LogP contribution in [0.4, 0.5) is 4.79 Å². The van der Waals surface area contributed by atoms with E-state index in [0.717, 1.165) is 28.7 Å². The summed E-state index contributed by atoms with van der Waals surface area (Å²) in [5.74, 6) is 0.735. The summed E-state index contributed by atoms with van der Waals surface area (Å²) >= 11 is 0. The Balaban J connectivity index is 1.73. The van der Waals surface area contributed by atoms with E-state index >= 15 is 0 Å². The van der Waals surface area contributed by atoms with Gasteiger partial charge in [-0.2, -0.15) is 0 Å². The van der Waals surface area contributed by atoms with E-state index < -0.39 is 16.1 Å². The molecule has 0 unspecified atom stereocenters. The first-order valence-corrected chi connectivity index (χ1v) is 12.0. The summed E-state index contributed by atoms with van der Waals surface area (Å²) in [4.78, 5) is 14.5. The number of carbonyl (C=O) groups is 1. The van der Waals surface area contributed by atoms with Crippen molar-refractivity contribution in [3.8, 4) is 16.9 Å². The molecule has 1 N–H and O–H groups in total. The van der Waals surface area contributed by atoms with Crippen LogP contribution in [0, 0.1) is 0 Å².